The molecule has 1 rings (SSSR count). The van der Waals surface area contributed by atoms with Gasteiger partial charge in [0.25, 0.3) is 5.91 Å². The molecular weight excluding hydrogens is 264 g/mol. The maximum atomic E-state index is 11.9. The van der Waals surface area contributed by atoms with Crippen LogP contribution in [0.3, 0.4) is 0 Å². The molecule has 0 radical (unpaired) electrons. The fourth-order valence-corrected chi connectivity index (χ4v) is 1.51. The van der Waals surface area contributed by atoms with E-state index in [2.05, 4.69) is 5.32 Å². The van der Waals surface area contributed by atoms with E-state index in [1.54, 1.807) is 25.3 Å². The predicted molar refractivity (Wildman–Crippen MR) is 77.8 cm³/mol. The first-order valence-corrected chi connectivity index (χ1v) is 6.20. The Morgan fingerprint density at radius 3 is 2.53 bits per heavy atom. The molecule has 0 bridgehead atoms. The van der Waals surface area contributed by atoms with Crippen molar-refractivity contribution in [2.24, 2.45) is 11.7 Å². The van der Waals surface area contributed by atoms with Crippen LogP contribution in [0.2, 0.25) is 0 Å². The van der Waals surface area contributed by atoms with Crippen molar-refractivity contribution < 1.29 is 14.3 Å². The highest BCUT2D eigenvalue weighted by Gasteiger charge is 2.12. The highest BCUT2D eigenvalue weighted by Crippen LogP contribution is 2.27. The molecule has 0 heterocycles. The van der Waals surface area contributed by atoms with Crippen molar-refractivity contribution in [3.63, 3.8) is 0 Å². The van der Waals surface area contributed by atoms with Gasteiger partial charge in [0, 0.05) is 18.0 Å². The maximum Gasteiger partial charge on any atom is 0.251 e. The first kappa shape index (κ1) is 15.2. The van der Waals surface area contributed by atoms with Gasteiger partial charge in [-0.15, -0.1) is 0 Å². The van der Waals surface area contributed by atoms with Crippen LogP contribution in [-0.2, 0) is 0 Å². The van der Waals surface area contributed by atoms with Crippen LogP contribution < -0.4 is 20.5 Å². The molecule has 5 nitrogen and oxygen atoms in total. The van der Waals surface area contributed by atoms with E-state index in [1.807, 2.05) is 6.92 Å². The molecule has 0 aliphatic carbocycles. The van der Waals surface area contributed by atoms with Gasteiger partial charge in [-0.25, -0.2) is 0 Å². The lowest BCUT2D eigenvalue weighted by atomic mass is 10.1. The SMILES string of the molecule is COc1ccc(C(=O)NCC(C)C(N)=S)cc1OC. The Hall–Kier alpha value is -1.82. The summed E-state index contributed by atoms with van der Waals surface area (Å²) in [5.74, 6) is 0.844. The molecule has 1 atom stereocenters. The molecule has 104 valence electrons. The van der Waals surface area contributed by atoms with Gasteiger partial charge in [0.15, 0.2) is 11.5 Å². The second kappa shape index (κ2) is 6.94. The number of thiocarbonyl (C=S) groups is 1. The number of carbonyl (C=O) groups is 1. The normalized spacial score (nSPS) is 11.5. The zero-order valence-corrected chi connectivity index (χ0v) is 12.0. The molecule has 1 aromatic rings. The van der Waals surface area contributed by atoms with E-state index in [-0.39, 0.29) is 11.8 Å². The van der Waals surface area contributed by atoms with Crippen LogP contribution in [-0.4, -0.2) is 31.7 Å². The van der Waals surface area contributed by atoms with E-state index >= 15 is 0 Å². The molecular formula is C13H18N2O3S. The van der Waals surface area contributed by atoms with E-state index in [0.717, 1.165) is 0 Å². The Morgan fingerprint density at radius 1 is 1.37 bits per heavy atom. The summed E-state index contributed by atoms with van der Waals surface area (Å²) in [7, 11) is 3.07. The van der Waals surface area contributed by atoms with Crippen LogP contribution in [0, 0.1) is 5.92 Å². The molecule has 6 heteroatoms. The van der Waals surface area contributed by atoms with Crippen LogP contribution in [0.25, 0.3) is 0 Å². The third-order valence-electron chi connectivity index (χ3n) is 2.70. The monoisotopic (exact) mass is 282 g/mol. The smallest absolute Gasteiger partial charge is 0.251 e. The molecule has 0 saturated carbocycles. The minimum absolute atomic E-state index is 0.0425. The van der Waals surface area contributed by atoms with E-state index in [9.17, 15) is 4.79 Å². The molecule has 0 saturated heterocycles. The van der Waals surface area contributed by atoms with Gasteiger partial charge in [0.1, 0.15) is 0 Å². The Morgan fingerprint density at radius 2 is 2.00 bits per heavy atom. The lowest BCUT2D eigenvalue weighted by Gasteiger charge is -2.12. The number of amides is 1. The average molecular weight is 282 g/mol. The number of rotatable bonds is 6. The van der Waals surface area contributed by atoms with Crippen molar-refractivity contribution in [2.75, 3.05) is 20.8 Å². The Balaban J connectivity index is 2.75. The molecule has 3 N–H and O–H groups in total. The standard InChI is InChI=1S/C13H18N2O3S/c1-8(12(14)19)7-15-13(16)9-4-5-10(17-2)11(6-9)18-3/h4-6,8H,7H2,1-3H3,(H2,14,19)(H,15,16). The third-order valence-corrected chi connectivity index (χ3v) is 3.10. The van der Waals surface area contributed by atoms with E-state index in [0.29, 0.717) is 28.6 Å². The second-order valence-corrected chi connectivity index (χ2v) is 4.55. The summed E-state index contributed by atoms with van der Waals surface area (Å²) < 4.78 is 10.3. The number of carbonyl (C=O) groups excluding carboxylic acids is 1. The van der Waals surface area contributed by atoms with Crippen molar-refractivity contribution in [2.45, 2.75) is 6.92 Å². The van der Waals surface area contributed by atoms with Crippen molar-refractivity contribution in [3.8, 4) is 11.5 Å². The van der Waals surface area contributed by atoms with Crippen molar-refractivity contribution in [1.82, 2.24) is 5.32 Å². The molecule has 0 spiro atoms. The fourth-order valence-electron chi connectivity index (χ4n) is 1.43. The van der Waals surface area contributed by atoms with Crippen molar-refractivity contribution in [1.29, 1.82) is 0 Å². The summed E-state index contributed by atoms with van der Waals surface area (Å²) >= 11 is 4.85. The van der Waals surface area contributed by atoms with Crippen LogP contribution >= 0.6 is 12.2 Å². The highest BCUT2D eigenvalue weighted by atomic mass is 32.1. The second-order valence-electron chi connectivity index (χ2n) is 4.08. The summed E-state index contributed by atoms with van der Waals surface area (Å²) in [6, 6.07) is 4.98. The van der Waals surface area contributed by atoms with E-state index < -0.39 is 0 Å². The van der Waals surface area contributed by atoms with Gasteiger partial charge in [0.2, 0.25) is 0 Å². The molecule has 1 aromatic carbocycles. The van der Waals surface area contributed by atoms with Gasteiger partial charge in [-0.3, -0.25) is 4.79 Å². The first-order valence-electron chi connectivity index (χ1n) is 5.79. The number of benzene rings is 1. The lowest BCUT2D eigenvalue weighted by Crippen LogP contribution is -2.33. The summed E-state index contributed by atoms with van der Waals surface area (Å²) in [6.45, 7) is 2.26. The topological polar surface area (TPSA) is 73.6 Å². The molecule has 0 aliphatic rings. The number of ether oxygens (including phenoxy) is 2. The van der Waals surface area contributed by atoms with Gasteiger partial charge in [-0.1, -0.05) is 19.1 Å². The van der Waals surface area contributed by atoms with E-state index in [4.69, 9.17) is 27.4 Å². The summed E-state index contributed by atoms with van der Waals surface area (Å²) in [4.78, 5) is 12.3. The Bertz CT molecular complexity index is 477. The van der Waals surface area contributed by atoms with Crippen LogP contribution in [0.5, 0.6) is 11.5 Å². The zero-order chi connectivity index (χ0) is 14.4. The van der Waals surface area contributed by atoms with Gasteiger partial charge in [0.05, 0.1) is 19.2 Å². The summed E-state index contributed by atoms with van der Waals surface area (Å²) in [5, 5.41) is 2.77. The first-order chi connectivity index (χ1) is 8.99. The van der Waals surface area contributed by atoms with Crippen LogP contribution in [0.1, 0.15) is 17.3 Å². The molecule has 0 aromatic heterocycles. The quantitative estimate of drug-likeness (QED) is 0.771. The highest BCUT2D eigenvalue weighted by molar-refractivity contribution is 7.80. The fraction of sp³-hybridized carbons (Fsp3) is 0.385. The molecule has 19 heavy (non-hydrogen) atoms. The number of nitrogens with two attached hydrogens (primary N) is 1. The number of nitrogens with one attached hydrogen (secondary N) is 1. The number of hydrogen-bond donors (Lipinski definition) is 2. The largest absolute Gasteiger partial charge is 0.493 e. The lowest BCUT2D eigenvalue weighted by molar-refractivity contribution is 0.0951. The maximum absolute atomic E-state index is 11.9. The zero-order valence-electron chi connectivity index (χ0n) is 11.2. The minimum atomic E-state index is -0.205. The number of hydrogen-bond acceptors (Lipinski definition) is 4. The van der Waals surface area contributed by atoms with E-state index in [1.165, 1.54) is 7.11 Å². The van der Waals surface area contributed by atoms with Crippen molar-refractivity contribution >= 4 is 23.1 Å². The third kappa shape index (κ3) is 4.10. The molecule has 0 fully saturated rings. The predicted octanol–water partition coefficient (Wildman–Crippen LogP) is 1.36. The minimum Gasteiger partial charge on any atom is -0.493 e. The molecule has 1 amide bonds. The van der Waals surface area contributed by atoms with Gasteiger partial charge < -0.3 is 20.5 Å². The van der Waals surface area contributed by atoms with Crippen molar-refractivity contribution in [3.05, 3.63) is 23.8 Å². The summed E-state index contributed by atoms with van der Waals surface area (Å²) in [6.07, 6.45) is 0. The van der Waals surface area contributed by atoms with Crippen LogP contribution in [0.4, 0.5) is 0 Å². The van der Waals surface area contributed by atoms with Gasteiger partial charge in [-0.2, -0.15) is 0 Å². The summed E-state index contributed by atoms with van der Waals surface area (Å²) in [5.41, 5.74) is 5.98. The average Bonchev–Trinajstić information content (AvgIpc) is 2.43. The Labute approximate surface area is 118 Å². The van der Waals surface area contributed by atoms with Gasteiger partial charge in [-0.05, 0) is 18.2 Å². The molecule has 1 unspecified atom stereocenters. The van der Waals surface area contributed by atoms with Gasteiger partial charge >= 0.3 is 0 Å². The Kier molecular flexibility index (Phi) is 5.57. The molecule has 0 aliphatic heterocycles. The van der Waals surface area contributed by atoms with Crippen LogP contribution in [0.15, 0.2) is 18.2 Å². The number of methoxy groups -OCH3 is 2.